The third-order valence-electron chi connectivity index (χ3n) is 5.14. The van der Waals surface area contributed by atoms with Crippen molar-refractivity contribution < 1.29 is 9.59 Å². The standard InChI is InChI=1S/C21H22N2O2/c1-15-20(24)23(14-13-22(15)21(25)17-11-12-17)19-10-6-5-9-18(19)16-7-3-2-4-8-16/h2-10,15,17H,11-14H2,1H3. The fourth-order valence-electron chi connectivity index (χ4n) is 3.55. The minimum Gasteiger partial charge on any atom is -0.329 e. The molecule has 1 saturated carbocycles. The van der Waals surface area contributed by atoms with Gasteiger partial charge in [-0.25, -0.2) is 0 Å². The largest absolute Gasteiger partial charge is 0.329 e. The van der Waals surface area contributed by atoms with E-state index in [1.165, 1.54) is 0 Å². The Hall–Kier alpha value is -2.62. The van der Waals surface area contributed by atoms with Crippen molar-refractivity contribution in [2.75, 3.05) is 18.0 Å². The molecule has 2 aromatic rings. The number of benzene rings is 2. The van der Waals surface area contributed by atoms with Crippen LogP contribution in [0, 0.1) is 5.92 Å². The molecule has 25 heavy (non-hydrogen) atoms. The van der Waals surface area contributed by atoms with Gasteiger partial charge in [-0.2, -0.15) is 0 Å². The van der Waals surface area contributed by atoms with E-state index in [0.717, 1.165) is 29.7 Å². The molecule has 2 amide bonds. The van der Waals surface area contributed by atoms with E-state index in [1.54, 1.807) is 4.90 Å². The fraction of sp³-hybridized carbons (Fsp3) is 0.333. The van der Waals surface area contributed by atoms with Gasteiger partial charge in [0.25, 0.3) is 0 Å². The average molecular weight is 334 g/mol. The van der Waals surface area contributed by atoms with Crippen LogP contribution in [0.5, 0.6) is 0 Å². The lowest BCUT2D eigenvalue weighted by atomic mass is 10.0. The molecule has 0 spiro atoms. The van der Waals surface area contributed by atoms with E-state index < -0.39 is 6.04 Å². The molecule has 2 aromatic carbocycles. The molecule has 1 atom stereocenters. The lowest BCUT2D eigenvalue weighted by Gasteiger charge is -2.40. The number of carbonyl (C=O) groups excluding carboxylic acids is 2. The zero-order valence-electron chi connectivity index (χ0n) is 14.4. The van der Waals surface area contributed by atoms with Gasteiger partial charge in [0.1, 0.15) is 6.04 Å². The molecule has 0 radical (unpaired) electrons. The smallest absolute Gasteiger partial charge is 0.249 e. The molecule has 4 heteroatoms. The SMILES string of the molecule is CC1C(=O)N(c2ccccc2-c2ccccc2)CCN1C(=O)C1CC1. The highest BCUT2D eigenvalue weighted by Crippen LogP contribution is 2.35. The minimum absolute atomic E-state index is 0.00336. The number of piperazine rings is 1. The predicted molar refractivity (Wildman–Crippen MR) is 98.1 cm³/mol. The molecule has 1 saturated heterocycles. The highest BCUT2D eigenvalue weighted by molar-refractivity contribution is 6.03. The second-order valence-electron chi connectivity index (χ2n) is 6.85. The number of rotatable bonds is 3. The summed E-state index contributed by atoms with van der Waals surface area (Å²) in [6.07, 6.45) is 1.94. The molecule has 1 heterocycles. The first-order valence-electron chi connectivity index (χ1n) is 8.93. The maximum absolute atomic E-state index is 13.0. The zero-order valence-corrected chi connectivity index (χ0v) is 14.4. The lowest BCUT2D eigenvalue weighted by molar-refractivity contribution is -0.141. The molecule has 128 valence electrons. The number of para-hydroxylation sites is 1. The van der Waals surface area contributed by atoms with Gasteiger partial charge in [-0.3, -0.25) is 9.59 Å². The summed E-state index contributed by atoms with van der Waals surface area (Å²) in [5.41, 5.74) is 3.06. The van der Waals surface area contributed by atoms with Crippen LogP contribution in [0.3, 0.4) is 0 Å². The molecule has 1 unspecified atom stereocenters. The van der Waals surface area contributed by atoms with Crippen molar-refractivity contribution in [2.45, 2.75) is 25.8 Å². The van der Waals surface area contributed by atoms with Gasteiger partial charge in [-0.1, -0.05) is 48.5 Å². The molecule has 1 aliphatic heterocycles. The van der Waals surface area contributed by atoms with E-state index >= 15 is 0 Å². The molecule has 4 rings (SSSR count). The summed E-state index contributed by atoms with van der Waals surface area (Å²) >= 11 is 0. The van der Waals surface area contributed by atoms with Crippen LogP contribution in [0.15, 0.2) is 54.6 Å². The first-order valence-corrected chi connectivity index (χ1v) is 8.93. The van der Waals surface area contributed by atoms with Crippen molar-refractivity contribution in [2.24, 2.45) is 5.92 Å². The number of carbonyl (C=O) groups is 2. The zero-order chi connectivity index (χ0) is 17.4. The van der Waals surface area contributed by atoms with Gasteiger partial charge in [0.05, 0.1) is 5.69 Å². The summed E-state index contributed by atoms with van der Waals surface area (Å²) in [5, 5.41) is 0. The molecule has 2 fully saturated rings. The Labute approximate surface area is 148 Å². The highest BCUT2D eigenvalue weighted by Gasteiger charge is 2.41. The maximum Gasteiger partial charge on any atom is 0.249 e. The summed E-state index contributed by atoms with van der Waals surface area (Å²) < 4.78 is 0. The van der Waals surface area contributed by atoms with Crippen molar-refractivity contribution in [1.82, 2.24) is 4.90 Å². The van der Waals surface area contributed by atoms with Gasteiger partial charge in [0.2, 0.25) is 11.8 Å². The molecule has 0 N–H and O–H groups in total. The molecule has 0 bridgehead atoms. The first-order chi connectivity index (χ1) is 12.2. The monoisotopic (exact) mass is 334 g/mol. The van der Waals surface area contributed by atoms with Crippen molar-refractivity contribution >= 4 is 17.5 Å². The quantitative estimate of drug-likeness (QED) is 0.864. The molecular formula is C21H22N2O2. The van der Waals surface area contributed by atoms with Crippen LogP contribution in [0.1, 0.15) is 19.8 Å². The number of amides is 2. The Bertz CT molecular complexity index is 799. The summed E-state index contributed by atoms with van der Waals surface area (Å²) in [7, 11) is 0. The second kappa shape index (κ2) is 6.36. The van der Waals surface area contributed by atoms with Crippen LogP contribution in [-0.4, -0.2) is 35.8 Å². The third-order valence-corrected chi connectivity index (χ3v) is 5.14. The first kappa shape index (κ1) is 15.9. The number of hydrogen-bond acceptors (Lipinski definition) is 2. The predicted octanol–water partition coefficient (Wildman–Crippen LogP) is 3.33. The molecule has 1 aliphatic carbocycles. The van der Waals surface area contributed by atoms with Crippen molar-refractivity contribution in [1.29, 1.82) is 0 Å². The van der Waals surface area contributed by atoms with Gasteiger partial charge in [-0.15, -0.1) is 0 Å². The van der Waals surface area contributed by atoms with Crippen LogP contribution in [0.2, 0.25) is 0 Å². The summed E-state index contributed by atoms with van der Waals surface area (Å²) in [4.78, 5) is 29.0. The van der Waals surface area contributed by atoms with E-state index in [9.17, 15) is 9.59 Å². The Morgan fingerprint density at radius 1 is 0.960 bits per heavy atom. The van der Waals surface area contributed by atoms with E-state index in [1.807, 2.05) is 54.3 Å². The van der Waals surface area contributed by atoms with Crippen LogP contribution >= 0.6 is 0 Å². The minimum atomic E-state index is -0.398. The Balaban J connectivity index is 1.63. The highest BCUT2D eigenvalue weighted by atomic mass is 16.2. The van der Waals surface area contributed by atoms with Crippen molar-refractivity contribution in [3.8, 4) is 11.1 Å². The molecule has 2 aliphatic rings. The van der Waals surface area contributed by atoms with Gasteiger partial charge in [0.15, 0.2) is 0 Å². The van der Waals surface area contributed by atoms with Crippen LogP contribution in [0.4, 0.5) is 5.69 Å². The molecular weight excluding hydrogens is 312 g/mol. The van der Waals surface area contributed by atoms with Crippen LogP contribution in [-0.2, 0) is 9.59 Å². The Morgan fingerprint density at radius 2 is 1.64 bits per heavy atom. The van der Waals surface area contributed by atoms with Gasteiger partial charge >= 0.3 is 0 Å². The normalized spacial score (nSPS) is 20.7. The average Bonchev–Trinajstić information content (AvgIpc) is 3.49. The summed E-state index contributed by atoms with van der Waals surface area (Å²) in [5.74, 6) is 0.305. The van der Waals surface area contributed by atoms with E-state index in [2.05, 4.69) is 12.1 Å². The number of anilines is 1. The molecule has 0 aromatic heterocycles. The summed E-state index contributed by atoms with van der Waals surface area (Å²) in [6.45, 7) is 3.00. The number of hydrogen-bond donors (Lipinski definition) is 0. The second-order valence-corrected chi connectivity index (χ2v) is 6.85. The van der Waals surface area contributed by atoms with Crippen molar-refractivity contribution in [3.63, 3.8) is 0 Å². The lowest BCUT2D eigenvalue weighted by Crippen LogP contribution is -2.58. The number of nitrogens with zero attached hydrogens (tertiary/aromatic N) is 2. The Morgan fingerprint density at radius 3 is 2.36 bits per heavy atom. The topological polar surface area (TPSA) is 40.6 Å². The maximum atomic E-state index is 13.0. The summed E-state index contributed by atoms with van der Waals surface area (Å²) in [6, 6.07) is 17.7. The van der Waals surface area contributed by atoms with Crippen LogP contribution in [0.25, 0.3) is 11.1 Å². The molecule has 4 nitrogen and oxygen atoms in total. The van der Waals surface area contributed by atoms with Gasteiger partial charge in [-0.05, 0) is 31.4 Å². The van der Waals surface area contributed by atoms with E-state index in [-0.39, 0.29) is 17.7 Å². The van der Waals surface area contributed by atoms with E-state index in [0.29, 0.717) is 13.1 Å². The van der Waals surface area contributed by atoms with Crippen molar-refractivity contribution in [3.05, 3.63) is 54.6 Å². The van der Waals surface area contributed by atoms with E-state index in [4.69, 9.17) is 0 Å². The van der Waals surface area contributed by atoms with Gasteiger partial charge < -0.3 is 9.80 Å². The van der Waals surface area contributed by atoms with Crippen LogP contribution < -0.4 is 4.90 Å². The van der Waals surface area contributed by atoms with Gasteiger partial charge in [0, 0.05) is 24.6 Å². The third kappa shape index (κ3) is 2.93. The Kier molecular flexibility index (Phi) is 4.04. The fourth-order valence-corrected chi connectivity index (χ4v) is 3.55.